The molecule has 0 aliphatic carbocycles. The second-order valence-electron chi connectivity index (χ2n) is 8.01. The Morgan fingerprint density at radius 1 is 1.00 bits per heavy atom. The Bertz CT molecular complexity index is 1260. The summed E-state index contributed by atoms with van der Waals surface area (Å²) in [5.41, 5.74) is 6.14. The standard InChI is InChI=1S/C24H24N4O2/c1-15-7-8-19(11-16(15)2)28-23(26-9-5-6-10-26)21-13-27(14-22(21)25-28)24(29)20-12-17(3)30-18(20)4/h5-12H,13-14H2,1-4H3. The Labute approximate surface area is 175 Å². The van der Waals surface area contributed by atoms with Crippen LogP contribution in [0.5, 0.6) is 0 Å². The molecular formula is C24H24N4O2. The number of amides is 1. The highest BCUT2D eigenvalue weighted by molar-refractivity contribution is 5.95. The van der Waals surface area contributed by atoms with E-state index in [9.17, 15) is 4.79 Å². The summed E-state index contributed by atoms with van der Waals surface area (Å²) < 4.78 is 9.63. The Morgan fingerprint density at radius 3 is 2.43 bits per heavy atom. The molecule has 0 atom stereocenters. The van der Waals surface area contributed by atoms with Crippen LogP contribution in [0.4, 0.5) is 0 Å². The molecule has 152 valence electrons. The quantitative estimate of drug-likeness (QED) is 0.503. The van der Waals surface area contributed by atoms with Crippen molar-refractivity contribution in [3.05, 3.63) is 88.3 Å². The van der Waals surface area contributed by atoms with Gasteiger partial charge < -0.3 is 13.9 Å². The molecule has 0 N–H and O–H groups in total. The number of aromatic nitrogens is 3. The summed E-state index contributed by atoms with van der Waals surface area (Å²) in [4.78, 5) is 14.9. The molecule has 3 aromatic heterocycles. The summed E-state index contributed by atoms with van der Waals surface area (Å²) in [7, 11) is 0. The highest BCUT2D eigenvalue weighted by atomic mass is 16.3. The number of fused-ring (bicyclic) bond motifs is 1. The van der Waals surface area contributed by atoms with Crippen molar-refractivity contribution in [2.24, 2.45) is 0 Å². The number of benzene rings is 1. The maximum Gasteiger partial charge on any atom is 0.258 e. The molecule has 0 fully saturated rings. The van der Waals surface area contributed by atoms with Crippen molar-refractivity contribution in [1.29, 1.82) is 0 Å². The number of hydrogen-bond donors (Lipinski definition) is 0. The van der Waals surface area contributed by atoms with Crippen LogP contribution in [-0.4, -0.2) is 25.2 Å². The Morgan fingerprint density at radius 2 is 1.77 bits per heavy atom. The van der Waals surface area contributed by atoms with E-state index >= 15 is 0 Å². The van der Waals surface area contributed by atoms with E-state index in [1.807, 2.05) is 54.0 Å². The molecule has 4 aromatic rings. The first-order valence-electron chi connectivity index (χ1n) is 10.1. The number of furan rings is 1. The zero-order valence-corrected chi connectivity index (χ0v) is 17.6. The maximum atomic E-state index is 13.1. The van der Waals surface area contributed by atoms with E-state index in [2.05, 4.69) is 36.6 Å². The summed E-state index contributed by atoms with van der Waals surface area (Å²) in [6.07, 6.45) is 4.03. The van der Waals surface area contributed by atoms with Crippen LogP contribution in [0.2, 0.25) is 0 Å². The monoisotopic (exact) mass is 400 g/mol. The van der Waals surface area contributed by atoms with Crippen LogP contribution in [0.25, 0.3) is 11.5 Å². The minimum absolute atomic E-state index is 0.0152. The molecule has 1 amide bonds. The maximum absolute atomic E-state index is 13.1. The second kappa shape index (κ2) is 6.76. The predicted octanol–water partition coefficient (Wildman–Crippen LogP) is 4.65. The average Bonchev–Trinajstić information content (AvgIpc) is 3.46. The molecule has 0 unspecified atom stereocenters. The van der Waals surface area contributed by atoms with Gasteiger partial charge in [0.25, 0.3) is 5.91 Å². The van der Waals surface area contributed by atoms with Gasteiger partial charge in [-0.1, -0.05) is 6.07 Å². The molecule has 30 heavy (non-hydrogen) atoms. The van der Waals surface area contributed by atoms with Crippen LogP contribution in [0.15, 0.2) is 53.2 Å². The van der Waals surface area contributed by atoms with E-state index in [1.165, 1.54) is 11.1 Å². The zero-order chi connectivity index (χ0) is 21.0. The van der Waals surface area contributed by atoms with Gasteiger partial charge in [0, 0.05) is 18.0 Å². The number of rotatable bonds is 3. The summed E-state index contributed by atoms with van der Waals surface area (Å²) in [5.74, 6) is 2.38. The molecule has 4 heterocycles. The van der Waals surface area contributed by atoms with Gasteiger partial charge in [-0.25, -0.2) is 4.68 Å². The largest absolute Gasteiger partial charge is 0.466 e. The first kappa shape index (κ1) is 18.5. The number of aryl methyl sites for hydroxylation is 4. The van der Waals surface area contributed by atoms with E-state index < -0.39 is 0 Å². The SMILES string of the molecule is Cc1cc(C(=O)N2Cc3nn(-c4ccc(C)c(C)c4)c(-n4cccc4)c3C2)c(C)o1. The minimum atomic E-state index is -0.0152. The molecule has 0 saturated carbocycles. The Kier molecular flexibility index (Phi) is 4.17. The molecule has 1 aliphatic rings. The average molecular weight is 400 g/mol. The molecule has 0 spiro atoms. The number of hydrogen-bond acceptors (Lipinski definition) is 3. The lowest BCUT2D eigenvalue weighted by Crippen LogP contribution is -2.26. The predicted molar refractivity (Wildman–Crippen MR) is 114 cm³/mol. The summed E-state index contributed by atoms with van der Waals surface area (Å²) >= 11 is 0. The molecule has 5 rings (SSSR count). The van der Waals surface area contributed by atoms with Crippen LogP contribution in [0.1, 0.15) is 44.3 Å². The van der Waals surface area contributed by atoms with Gasteiger partial charge in [-0.15, -0.1) is 0 Å². The van der Waals surface area contributed by atoms with Crippen LogP contribution in [0, 0.1) is 27.7 Å². The van der Waals surface area contributed by atoms with Crippen molar-refractivity contribution >= 4 is 5.91 Å². The smallest absolute Gasteiger partial charge is 0.258 e. The van der Waals surface area contributed by atoms with E-state index in [0.29, 0.717) is 24.4 Å². The van der Waals surface area contributed by atoms with Gasteiger partial charge >= 0.3 is 0 Å². The van der Waals surface area contributed by atoms with E-state index in [4.69, 9.17) is 9.52 Å². The summed E-state index contributed by atoms with van der Waals surface area (Å²) in [6, 6.07) is 12.2. The molecule has 6 nitrogen and oxygen atoms in total. The molecule has 1 aliphatic heterocycles. The van der Waals surface area contributed by atoms with Crippen molar-refractivity contribution in [1.82, 2.24) is 19.2 Å². The number of nitrogens with zero attached hydrogens (tertiary/aromatic N) is 4. The Balaban J connectivity index is 1.56. The fraction of sp³-hybridized carbons (Fsp3) is 0.250. The number of carbonyl (C=O) groups is 1. The normalized spacial score (nSPS) is 13.1. The van der Waals surface area contributed by atoms with Gasteiger partial charge in [-0.3, -0.25) is 4.79 Å². The van der Waals surface area contributed by atoms with Crippen molar-refractivity contribution in [3.63, 3.8) is 0 Å². The van der Waals surface area contributed by atoms with Gasteiger partial charge in [0.05, 0.1) is 30.0 Å². The third-order valence-electron chi connectivity index (χ3n) is 5.87. The van der Waals surface area contributed by atoms with E-state index in [0.717, 1.165) is 28.5 Å². The van der Waals surface area contributed by atoms with Crippen LogP contribution < -0.4 is 0 Å². The fourth-order valence-electron chi connectivity index (χ4n) is 4.14. The molecule has 6 heteroatoms. The highest BCUT2D eigenvalue weighted by Crippen LogP contribution is 2.32. The minimum Gasteiger partial charge on any atom is -0.466 e. The van der Waals surface area contributed by atoms with E-state index in [-0.39, 0.29) is 5.91 Å². The molecule has 0 saturated heterocycles. The zero-order valence-electron chi connectivity index (χ0n) is 17.6. The summed E-state index contributed by atoms with van der Waals surface area (Å²) in [6.45, 7) is 8.93. The van der Waals surface area contributed by atoms with Gasteiger partial charge in [0.1, 0.15) is 17.3 Å². The van der Waals surface area contributed by atoms with Gasteiger partial charge in [-0.2, -0.15) is 5.10 Å². The molecule has 1 aromatic carbocycles. The lowest BCUT2D eigenvalue weighted by molar-refractivity contribution is 0.0747. The van der Waals surface area contributed by atoms with Crippen molar-refractivity contribution in [3.8, 4) is 11.5 Å². The van der Waals surface area contributed by atoms with Gasteiger partial charge in [-0.05, 0) is 69.2 Å². The van der Waals surface area contributed by atoms with Crippen LogP contribution in [0.3, 0.4) is 0 Å². The first-order valence-corrected chi connectivity index (χ1v) is 10.1. The summed E-state index contributed by atoms with van der Waals surface area (Å²) in [5, 5.41) is 4.92. The van der Waals surface area contributed by atoms with Gasteiger partial charge in [0.15, 0.2) is 0 Å². The third kappa shape index (κ3) is 2.87. The second-order valence-corrected chi connectivity index (χ2v) is 8.01. The highest BCUT2D eigenvalue weighted by Gasteiger charge is 2.33. The first-order chi connectivity index (χ1) is 14.4. The lowest BCUT2D eigenvalue weighted by atomic mass is 10.1. The number of carbonyl (C=O) groups excluding carboxylic acids is 1. The van der Waals surface area contributed by atoms with Crippen molar-refractivity contribution in [2.75, 3.05) is 0 Å². The third-order valence-corrected chi connectivity index (χ3v) is 5.87. The topological polar surface area (TPSA) is 56.2 Å². The molecule has 0 radical (unpaired) electrons. The van der Waals surface area contributed by atoms with Crippen LogP contribution >= 0.6 is 0 Å². The molecule has 0 bridgehead atoms. The molecular weight excluding hydrogens is 376 g/mol. The van der Waals surface area contributed by atoms with E-state index in [1.54, 1.807) is 0 Å². The fourth-order valence-corrected chi connectivity index (χ4v) is 4.14. The van der Waals surface area contributed by atoms with Crippen LogP contribution in [-0.2, 0) is 13.1 Å². The van der Waals surface area contributed by atoms with Crippen molar-refractivity contribution < 1.29 is 9.21 Å². The van der Waals surface area contributed by atoms with Gasteiger partial charge in [0.2, 0.25) is 0 Å². The lowest BCUT2D eigenvalue weighted by Gasteiger charge is -2.17. The Hall–Kier alpha value is -3.54. The van der Waals surface area contributed by atoms with Crippen molar-refractivity contribution in [2.45, 2.75) is 40.8 Å².